The molecule has 7 nitrogen and oxygen atoms in total. The lowest BCUT2D eigenvalue weighted by atomic mass is 9.86. The van der Waals surface area contributed by atoms with Crippen molar-refractivity contribution in [2.24, 2.45) is 5.92 Å². The fraction of sp³-hybridized carbons (Fsp3) is 0.500. The van der Waals surface area contributed by atoms with Crippen molar-refractivity contribution < 1.29 is 17.6 Å². The molecule has 1 fully saturated rings. The molecule has 1 aromatic carbocycles. The van der Waals surface area contributed by atoms with Gasteiger partial charge in [0, 0.05) is 29.1 Å². The Bertz CT molecular complexity index is 1030. The molecule has 1 amide bonds. The number of carbonyl (C=O) groups is 1. The molecule has 0 radical (unpaired) electrons. The normalized spacial score (nSPS) is 20.8. The van der Waals surface area contributed by atoms with Crippen molar-refractivity contribution >= 4 is 32.6 Å². The van der Waals surface area contributed by atoms with Crippen molar-refractivity contribution in [2.45, 2.75) is 57.2 Å². The van der Waals surface area contributed by atoms with Gasteiger partial charge < -0.3 is 9.73 Å². The van der Waals surface area contributed by atoms with E-state index in [0.717, 1.165) is 5.39 Å². The molecular formula is C20H26N2O5S. The monoisotopic (exact) mass is 406 g/mol. The molecule has 152 valence electrons. The van der Waals surface area contributed by atoms with Gasteiger partial charge >= 0.3 is 5.63 Å². The Kier molecular flexibility index (Phi) is 5.63. The second-order valence-corrected chi connectivity index (χ2v) is 10.7. The van der Waals surface area contributed by atoms with Gasteiger partial charge in [-0.25, -0.2) is 17.9 Å². The van der Waals surface area contributed by atoms with E-state index in [0.29, 0.717) is 37.0 Å². The Labute approximate surface area is 164 Å². The average Bonchev–Trinajstić information content (AvgIpc) is 2.61. The molecule has 1 aliphatic rings. The summed E-state index contributed by atoms with van der Waals surface area (Å²) in [5, 5.41) is 3.64. The zero-order valence-electron chi connectivity index (χ0n) is 16.3. The van der Waals surface area contributed by atoms with E-state index >= 15 is 0 Å². The third kappa shape index (κ3) is 4.62. The molecule has 8 heteroatoms. The van der Waals surface area contributed by atoms with Crippen LogP contribution in [0.2, 0.25) is 0 Å². The first-order valence-electron chi connectivity index (χ1n) is 9.42. The SMILES string of the molecule is CC(C)(C)S(=O)(=O)N[C@H]1CC[C@H](C(=O)Nc2ccc3oc(=O)ccc3c2)CC1. The summed E-state index contributed by atoms with van der Waals surface area (Å²) in [7, 11) is -3.39. The lowest BCUT2D eigenvalue weighted by molar-refractivity contribution is -0.120. The lowest BCUT2D eigenvalue weighted by Gasteiger charge is -2.30. The molecule has 28 heavy (non-hydrogen) atoms. The van der Waals surface area contributed by atoms with E-state index in [1.54, 1.807) is 45.0 Å². The summed E-state index contributed by atoms with van der Waals surface area (Å²) >= 11 is 0. The number of anilines is 1. The summed E-state index contributed by atoms with van der Waals surface area (Å²) in [4.78, 5) is 23.8. The maximum Gasteiger partial charge on any atom is 0.336 e. The zero-order chi connectivity index (χ0) is 20.5. The number of hydrogen-bond acceptors (Lipinski definition) is 5. The molecule has 0 unspecified atom stereocenters. The number of carbonyl (C=O) groups excluding carboxylic acids is 1. The lowest BCUT2D eigenvalue weighted by Crippen LogP contribution is -2.46. The third-order valence-corrected chi connectivity index (χ3v) is 7.37. The Morgan fingerprint density at radius 1 is 1.07 bits per heavy atom. The van der Waals surface area contributed by atoms with Gasteiger partial charge in [-0.15, -0.1) is 0 Å². The first-order chi connectivity index (χ1) is 13.0. The highest BCUT2D eigenvalue weighted by molar-refractivity contribution is 7.90. The van der Waals surface area contributed by atoms with Crippen LogP contribution in [0.3, 0.4) is 0 Å². The van der Waals surface area contributed by atoms with Crippen molar-refractivity contribution in [1.82, 2.24) is 4.72 Å². The maximum atomic E-state index is 12.6. The quantitative estimate of drug-likeness (QED) is 0.760. The van der Waals surface area contributed by atoms with Crippen LogP contribution in [0.5, 0.6) is 0 Å². The van der Waals surface area contributed by atoms with Gasteiger partial charge in [0.05, 0.1) is 4.75 Å². The molecule has 0 saturated heterocycles. The van der Waals surface area contributed by atoms with Crippen molar-refractivity contribution in [2.75, 3.05) is 5.32 Å². The molecule has 1 aromatic heterocycles. The highest BCUT2D eigenvalue weighted by Gasteiger charge is 2.34. The predicted molar refractivity (Wildman–Crippen MR) is 109 cm³/mol. The smallest absolute Gasteiger partial charge is 0.336 e. The number of fused-ring (bicyclic) bond motifs is 1. The van der Waals surface area contributed by atoms with Crippen LogP contribution >= 0.6 is 0 Å². The number of hydrogen-bond donors (Lipinski definition) is 2. The maximum absolute atomic E-state index is 12.6. The minimum absolute atomic E-state index is 0.0751. The molecule has 2 aromatic rings. The predicted octanol–water partition coefficient (Wildman–Crippen LogP) is 3.01. The molecule has 0 spiro atoms. The van der Waals surface area contributed by atoms with Gasteiger partial charge in [-0.2, -0.15) is 0 Å². The number of rotatable bonds is 4. The van der Waals surface area contributed by atoms with E-state index in [9.17, 15) is 18.0 Å². The number of sulfonamides is 1. The van der Waals surface area contributed by atoms with Gasteiger partial charge in [0.2, 0.25) is 15.9 Å². The third-order valence-electron chi connectivity index (χ3n) is 5.11. The molecule has 1 aliphatic carbocycles. The molecule has 1 heterocycles. The van der Waals surface area contributed by atoms with Gasteiger partial charge in [0.15, 0.2) is 0 Å². The van der Waals surface area contributed by atoms with E-state index in [4.69, 9.17) is 4.42 Å². The number of benzene rings is 1. The largest absolute Gasteiger partial charge is 0.423 e. The Hall–Kier alpha value is -2.19. The Balaban J connectivity index is 1.58. The van der Waals surface area contributed by atoms with Crippen LogP contribution in [0.1, 0.15) is 46.5 Å². The second kappa shape index (κ2) is 7.67. The highest BCUT2D eigenvalue weighted by Crippen LogP contribution is 2.28. The topological polar surface area (TPSA) is 105 Å². The minimum Gasteiger partial charge on any atom is -0.423 e. The first-order valence-corrected chi connectivity index (χ1v) is 10.9. The van der Waals surface area contributed by atoms with Gasteiger partial charge in [-0.1, -0.05) is 0 Å². The number of nitrogens with one attached hydrogen (secondary N) is 2. The Morgan fingerprint density at radius 3 is 2.39 bits per heavy atom. The van der Waals surface area contributed by atoms with Crippen molar-refractivity contribution in [3.8, 4) is 0 Å². The fourth-order valence-electron chi connectivity index (χ4n) is 3.26. The first kappa shape index (κ1) is 20.5. The molecule has 2 N–H and O–H groups in total. The molecule has 0 atom stereocenters. The molecule has 0 bridgehead atoms. The average molecular weight is 407 g/mol. The number of amides is 1. The summed E-state index contributed by atoms with van der Waals surface area (Å²) < 4.78 is 31.6. The van der Waals surface area contributed by atoms with Gasteiger partial charge in [0.25, 0.3) is 0 Å². The minimum atomic E-state index is -3.39. The van der Waals surface area contributed by atoms with Crippen molar-refractivity contribution in [1.29, 1.82) is 0 Å². The van der Waals surface area contributed by atoms with Gasteiger partial charge in [-0.05, 0) is 70.7 Å². The standard InChI is InChI=1S/C20H26N2O5S/c1-20(2,3)28(25,26)22-15-7-4-13(5-8-15)19(24)21-16-9-10-17-14(12-16)6-11-18(23)27-17/h6,9-13,15,22H,4-5,7-8H2,1-3H3,(H,21,24)/t13-,15-. The van der Waals surface area contributed by atoms with E-state index < -0.39 is 20.4 Å². The summed E-state index contributed by atoms with van der Waals surface area (Å²) in [5.74, 6) is -0.228. The Morgan fingerprint density at radius 2 is 1.75 bits per heavy atom. The summed E-state index contributed by atoms with van der Waals surface area (Å²) in [6, 6.07) is 7.99. The molecule has 0 aliphatic heterocycles. The molecular weight excluding hydrogens is 380 g/mol. The van der Waals surface area contributed by atoms with E-state index in [1.165, 1.54) is 6.07 Å². The van der Waals surface area contributed by atoms with Gasteiger partial charge in [0.1, 0.15) is 5.58 Å². The van der Waals surface area contributed by atoms with E-state index in [2.05, 4.69) is 10.0 Å². The summed E-state index contributed by atoms with van der Waals surface area (Å²) in [5.41, 5.74) is 0.696. The van der Waals surface area contributed by atoms with Crippen LogP contribution in [-0.4, -0.2) is 25.1 Å². The van der Waals surface area contributed by atoms with Crippen LogP contribution in [0.25, 0.3) is 11.0 Å². The van der Waals surface area contributed by atoms with Crippen LogP contribution in [0, 0.1) is 5.92 Å². The van der Waals surface area contributed by atoms with Crippen molar-refractivity contribution in [3.63, 3.8) is 0 Å². The zero-order valence-corrected chi connectivity index (χ0v) is 17.1. The summed E-state index contributed by atoms with van der Waals surface area (Å²) in [6.07, 6.45) is 2.53. The van der Waals surface area contributed by atoms with Crippen LogP contribution < -0.4 is 15.7 Å². The van der Waals surface area contributed by atoms with Crippen LogP contribution in [0.15, 0.2) is 39.5 Å². The van der Waals surface area contributed by atoms with E-state index in [1.807, 2.05) is 0 Å². The highest BCUT2D eigenvalue weighted by atomic mass is 32.2. The van der Waals surface area contributed by atoms with Crippen LogP contribution in [-0.2, 0) is 14.8 Å². The molecule has 3 rings (SSSR count). The van der Waals surface area contributed by atoms with E-state index in [-0.39, 0.29) is 17.9 Å². The molecule has 1 saturated carbocycles. The van der Waals surface area contributed by atoms with Crippen molar-refractivity contribution in [3.05, 3.63) is 40.8 Å². The summed E-state index contributed by atoms with van der Waals surface area (Å²) in [6.45, 7) is 5.01. The fourth-order valence-corrected chi connectivity index (χ4v) is 4.29. The van der Waals surface area contributed by atoms with Crippen LogP contribution in [0.4, 0.5) is 5.69 Å². The second-order valence-electron chi connectivity index (χ2n) is 8.28. The van der Waals surface area contributed by atoms with Gasteiger partial charge in [-0.3, -0.25) is 4.79 Å².